The molecular weight excluding hydrogens is 318 g/mol. The van der Waals surface area contributed by atoms with E-state index in [0.29, 0.717) is 29.0 Å². The number of methoxy groups -OCH3 is 2. The molecule has 0 saturated heterocycles. The molecule has 0 aliphatic heterocycles. The molecular formula is C14H19N5O3S. The van der Waals surface area contributed by atoms with Gasteiger partial charge in [0.25, 0.3) is 0 Å². The molecule has 0 fully saturated rings. The lowest BCUT2D eigenvalue weighted by atomic mass is 10.2. The first kappa shape index (κ1) is 17.1. The number of nitrogens with one attached hydrogen (secondary N) is 1. The molecule has 8 nitrogen and oxygen atoms in total. The number of carbonyl (C=O) groups excluding carboxylic acids is 1. The number of nitrogens with two attached hydrogens (primary N) is 1. The Morgan fingerprint density at radius 2 is 2.04 bits per heavy atom. The van der Waals surface area contributed by atoms with Crippen molar-refractivity contribution in [3.63, 3.8) is 0 Å². The normalized spacial score (nSPS) is 10.4. The van der Waals surface area contributed by atoms with Gasteiger partial charge in [-0.25, -0.2) is 5.84 Å². The minimum Gasteiger partial charge on any atom is -0.493 e. The maximum atomic E-state index is 11.3. The van der Waals surface area contributed by atoms with E-state index in [-0.39, 0.29) is 11.7 Å². The van der Waals surface area contributed by atoms with Crippen molar-refractivity contribution in [1.82, 2.24) is 20.2 Å². The van der Waals surface area contributed by atoms with E-state index in [1.165, 1.54) is 11.8 Å². The fraction of sp³-hybridized carbons (Fsp3) is 0.357. The van der Waals surface area contributed by atoms with Crippen LogP contribution in [0.2, 0.25) is 0 Å². The monoisotopic (exact) mass is 337 g/mol. The van der Waals surface area contributed by atoms with Crippen molar-refractivity contribution in [1.29, 1.82) is 0 Å². The summed E-state index contributed by atoms with van der Waals surface area (Å²) in [5.41, 5.74) is 2.95. The number of ether oxygens (including phenoxy) is 2. The molecule has 0 aliphatic rings. The first-order chi connectivity index (χ1) is 11.1. The molecule has 1 aromatic carbocycles. The second-order valence-electron chi connectivity index (χ2n) is 4.48. The second-order valence-corrected chi connectivity index (χ2v) is 5.42. The Morgan fingerprint density at radius 3 is 2.65 bits per heavy atom. The molecule has 0 saturated carbocycles. The first-order valence-corrected chi connectivity index (χ1v) is 7.91. The molecule has 0 radical (unpaired) electrons. The van der Waals surface area contributed by atoms with Crippen LogP contribution in [0.1, 0.15) is 6.92 Å². The van der Waals surface area contributed by atoms with Gasteiger partial charge in [0.2, 0.25) is 5.91 Å². The van der Waals surface area contributed by atoms with Gasteiger partial charge in [0.15, 0.2) is 22.5 Å². The van der Waals surface area contributed by atoms with Crippen LogP contribution >= 0.6 is 11.8 Å². The summed E-state index contributed by atoms with van der Waals surface area (Å²) in [6.45, 7) is 2.66. The van der Waals surface area contributed by atoms with Crippen molar-refractivity contribution in [2.75, 3.05) is 20.0 Å². The number of benzene rings is 1. The van der Waals surface area contributed by atoms with Crippen LogP contribution in [-0.4, -0.2) is 40.6 Å². The maximum Gasteiger partial charge on any atom is 0.244 e. The molecule has 3 N–H and O–H groups in total. The Bertz CT molecular complexity index is 689. The molecule has 1 heterocycles. The number of aromatic nitrogens is 3. The van der Waals surface area contributed by atoms with Gasteiger partial charge in [0, 0.05) is 12.1 Å². The van der Waals surface area contributed by atoms with Crippen LogP contribution in [0.4, 0.5) is 0 Å². The van der Waals surface area contributed by atoms with E-state index in [1.54, 1.807) is 14.2 Å². The summed E-state index contributed by atoms with van der Waals surface area (Å²) < 4.78 is 12.5. The van der Waals surface area contributed by atoms with Crippen LogP contribution in [0.25, 0.3) is 11.4 Å². The summed E-state index contributed by atoms with van der Waals surface area (Å²) in [6.07, 6.45) is 0. The minimum absolute atomic E-state index is 0.181. The van der Waals surface area contributed by atoms with E-state index >= 15 is 0 Å². The number of carbonyl (C=O) groups is 1. The fourth-order valence-electron chi connectivity index (χ4n) is 2.04. The maximum absolute atomic E-state index is 11.3. The molecule has 0 bridgehead atoms. The van der Waals surface area contributed by atoms with E-state index in [9.17, 15) is 4.79 Å². The van der Waals surface area contributed by atoms with Crippen molar-refractivity contribution in [2.24, 2.45) is 5.84 Å². The van der Waals surface area contributed by atoms with Gasteiger partial charge in [-0.1, -0.05) is 11.8 Å². The Labute approximate surface area is 138 Å². The molecule has 0 aliphatic carbocycles. The van der Waals surface area contributed by atoms with E-state index in [4.69, 9.17) is 15.3 Å². The third kappa shape index (κ3) is 3.74. The molecule has 0 unspecified atom stereocenters. The van der Waals surface area contributed by atoms with Crippen molar-refractivity contribution in [3.8, 4) is 22.9 Å². The zero-order chi connectivity index (χ0) is 16.8. The average molecular weight is 337 g/mol. The first-order valence-electron chi connectivity index (χ1n) is 6.92. The lowest BCUT2D eigenvalue weighted by molar-refractivity contribution is -0.118. The highest BCUT2D eigenvalue weighted by atomic mass is 32.2. The number of hydrogen-bond acceptors (Lipinski definition) is 7. The largest absolute Gasteiger partial charge is 0.493 e. The number of thioether (sulfide) groups is 1. The third-order valence-corrected chi connectivity index (χ3v) is 4.13. The van der Waals surface area contributed by atoms with Gasteiger partial charge < -0.3 is 14.0 Å². The number of nitrogens with zero attached hydrogens (tertiary/aromatic N) is 3. The summed E-state index contributed by atoms with van der Waals surface area (Å²) in [6, 6.07) is 5.55. The second kappa shape index (κ2) is 7.84. The highest BCUT2D eigenvalue weighted by Crippen LogP contribution is 2.32. The zero-order valence-electron chi connectivity index (χ0n) is 13.2. The van der Waals surface area contributed by atoms with Crippen LogP contribution in [0.5, 0.6) is 11.5 Å². The lowest BCUT2D eigenvalue weighted by Crippen LogP contribution is -2.31. The number of hydrazine groups is 1. The van der Waals surface area contributed by atoms with Crippen molar-refractivity contribution < 1.29 is 14.3 Å². The molecule has 124 valence electrons. The molecule has 2 rings (SSSR count). The summed E-state index contributed by atoms with van der Waals surface area (Å²) in [7, 11) is 3.17. The van der Waals surface area contributed by atoms with Gasteiger partial charge in [0.1, 0.15) is 0 Å². The average Bonchev–Trinajstić information content (AvgIpc) is 3.01. The molecule has 1 amide bonds. The van der Waals surface area contributed by atoms with Gasteiger partial charge in [0.05, 0.1) is 20.0 Å². The minimum atomic E-state index is -0.270. The topological polar surface area (TPSA) is 104 Å². The molecule has 0 atom stereocenters. The Morgan fingerprint density at radius 1 is 1.30 bits per heavy atom. The van der Waals surface area contributed by atoms with Gasteiger partial charge in [-0.15, -0.1) is 10.2 Å². The smallest absolute Gasteiger partial charge is 0.244 e. The Kier molecular flexibility index (Phi) is 5.83. The van der Waals surface area contributed by atoms with Crippen LogP contribution in [0.15, 0.2) is 23.4 Å². The summed E-state index contributed by atoms with van der Waals surface area (Å²) in [5.74, 6) is 6.95. The van der Waals surface area contributed by atoms with E-state index in [2.05, 4.69) is 15.6 Å². The van der Waals surface area contributed by atoms with Gasteiger partial charge in [-0.3, -0.25) is 10.2 Å². The van der Waals surface area contributed by atoms with Crippen molar-refractivity contribution >= 4 is 17.7 Å². The highest BCUT2D eigenvalue weighted by molar-refractivity contribution is 7.99. The number of rotatable bonds is 7. The Balaban J connectivity index is 2.33. The predicted molar refractivity (Wildman–Crippen MR) is 87.3 cm³/mol. The lowest BCUT2D eigenvalue weighted by Gasteiger charge is -2.10. The van der Waals surface area contributed by atoms with Gasteiger partial charge in [-0.05, 0) is 25.1 Å². The summed E-state index contributed by atoms with van der Waals surface area (Å²) in [4.78, 5) is 11.3. The molecule has 0 spiro atoms. The van der Waals surface area contributed by atoms with E-state index < -0.39 is 0 Å². The SMILES string of the molecule is CCn1c(SCC(=O)NN)nnc1-c1ccc(OC)c(OC)c1. The Hall–Kier alpha value is -2.26. The van der Waals surface area contributed by atoms with Gasteiger partial charge in [-0.2, -0.15) is 0 Å². The summed E-state index contributed by atoms with van der Waals surface area (Å²) >= 11 is 1.28. The highest BCUT2D eigenvalue weighted by Gasteiger charge is 2.16. The third-order valence-electron chi connectivity index (χ3n) is 3.17. The number of hydrogen-bond donors (Lipinski definition) is 2. The van der Waals surface area contributed by atoms with Crippen LogP contribution in [-0.2, 0) is 11.3 Å². The fourth-order valence-corrected chi connectivity index (χ4v) is 2.85. The van der Waals surface area contributed by atoms with E-state index in [0.717, 1.165) is 5.56 Å². The van der Waals surface area contributed by atoms with Crippen LogP contribution in [0, 0.1) is 0 Å². The standard InChI is InChI=1S/C14H19N5O3S/c1-4-19-13(17-18-14(19)23-8-12(20)16-15)9-5-6-10(21-2)11(7-9)22-3/h5-7H,4,8,15H2,1-3H3,(H,16,20). The van der Waals surface area contributed by atoms with E-state index in [1.807, 2.05) is 29.7 Å². The predicted octanol–water partition coefficient (Wildman–Crippen LogP) is 1.06. The molecule has 1 aromatic heterocycles. The quantitative estimate of drug-likeness (QED) is 0.337. The van der Waals surface area contributed by atoms with Crippen molar-refractivity contribution in [3.05, 3.63) is 18.2 Å². The van der Waals surface area contributed by atoms with Crippen LogP contribution in [0.3, 0.4) is 0 Å². The molecule has 9 heteroatoms. The zero-order valence-corrected chi connectivity index (χ0v) is 14.0. The van der Waals surface area contributed by atoms with Crippen molar-refractivity contribution in [2.45, 2.75) is 18.6 Å². The molecule has 2 aromatic rings. The molecule has 23 heavy (non-hydrogen) atoms. The van der Waals surface area contributed by atoms with Gasteiger partial charge >= 0.3 is 0 Å². The number of amides is 1. The summed E-state index contributed by atoms with van der Waals surface area (Å²) in [5, 5.41) is 9.03. The van der Waals surface area contributed by atoms with Crippen LogP contribution < -0.4 is 20.7 Å².